The van der Waals surface area contributed by atoms with E-state index in [0.29, 0.717) is 13.1 Å². The molecular formula is C22H27ClN3O2+. The number of Topliss-reactive ketones (excluding diaryl/α,β-unsaturated/α-hetero) is 1. The molecule has 1 saturated heterocycles. The van der Waals surface area contributed by atoms with Crippen molar-refractivity contribution in [3.05, 3.63) is 64.7 Å². The van der Waals surface area contributed by atoms with Crippen LogP contribution < -0.4 is 15.1 Å². The van der Waals surface area contributed by atoms with Gasteiger partial charge in [-0.1, -0.05) is 23.7 Å². The van der Waals surface area contributed by atoms with Crippen LogP contribution in [0.4, 0.5) is 5.69 Å². The zero-order valence-corrected chi connectivity index (χ0v) is 17.0. The lowest BCUT2D eigenvalue weighted by atomic mass is 10.1. The number of piperazine rings is 1. The quantitative estimate of drug-likeness (QED) is 0.694. The third kappa shape index (κ3) is 5.81. The van der Waals surface area contributed by atoms with E-state index in [1.54, 1.807) is 6.92 Å². The molecule has 6 heteroatoms. The normalized spacial score (nSPS) is 14.7. The smallest absolute Gasteiger partial charge is 0.275 e. The molecule has 0 radical (unpaired) electrons. The van der Waals surface area contributed by atoms with Crippen LogP contribution in [0, 0.1) is 0 Å². The summed E-state index contributed by atoms with van der Waals surface area (Å²) >= 11 is 5.88. The zero-order chi connectivity index (χ0) is 19.9. The summed E-state index contributed by atoms with van der Waals surface area (Å²) in [5.74, 6) is 0.186. The molecule has 0 saturated carbocycles. The Hall–Kier alpha value is -2.37. The van der Waals surface area contributed by atoms with E-state index in [4.69, 9.17) is 11.6 Å². The van der Waals surface area contributed by atoms with Crippen molar-refractivity contribution in [3.63, 3.8) is 0 Å². The van der Waals surface area contributed by atoms with Gasteiger partial charge in [-0.25, -0.2) is 0 Å². The second kappa shape index (κ2) is 9.71. The van der Waals surface area contributed by atoms with Gasteiger partial charge in [0, 0.05) is 22.8 Å². The maximum absolute atomic E-state index is 12.2. The molecule has 28 heavy (non-hydrogen) atoms. The molecule has 1 fully saturated rings. The Morgan fingerprint density at radius 3 is 2.29 bits per heavy atom. The maximum atomic E-state index is 12.2. The van der Waals surface area contributed by atoms with Crippen LogP contribution in [-0.2, 0) is 11.2 Å². The fourth-order valence-electron chi connectivity index (χ4n) is 3.45. The Bertz CT molecular complexity index is 798. The number of amides is 1. The molecule has 1 aliphatic rings. The van der Waals surface area contributed by atoms with Crippen molar-refractivity contribution in [3.8, 4) is 0 Å². The summed E-state index contributed by atoms with van der Waals surface area (Å²) in [6.45, 7) is 6.41. The summed E-state index contributed by atoms with van der Waals surface area (Å²) in [5, 5.41) is 3.74. The van der Waals surface area contributed by atoms with Gasteiger partial charge in [-0.05, 0) is 55.3 Å². The van der Waals surface area contributed by atoms with Crippen LogP contribution in [0.15, 0.2) is 48.5 Å². The van der Waals surface area contributed by atoms with Crippen molar-refractivity contribution in [1.82, 2.24) is 5.32 Å². The number of carbonyl (C=O) groups excluding carboxylic acids is 2. The molecule has 3 rings (SSSR count). The van der Waals surface area contributed by atoms with Gasteiger partial charge >= 0.3 is 0 Å². The average Bonchev–Trinajstić information content (AvgIpc) is 2.70. The van der Waals surface area contributed by atoms with E-state index >= 15 is 0 Å². The van der Waals surface area contributed by atoms with E-state index in [1.165, 1.54) is 10.5 Å². The topological polar surface area (TPSA) is 53.9 Å². The number of nitrogens with one attached hydrogen (secondary N) is 2. The number of hydrogen-bond acceptors (Lipinski definition) is 3. The van der Waals surface area contributed by atoms with Gasteiger partial charge in [0.15, 0.2) is 12.3 Å². The lowest BCUT2D eigenvalue weighted by Crippen LogP contribution is -3.16. The fraction of sp³-hybridized carbons (Fsp3) is 0.364. The van der Waals surface area contributed by atoms with Crippen LogP contribution in [0.1, 0.15) is 22.8 Å². The Labute approximate surface area is 171 Å². The minimum atomic E-state index is 0.0860. The number of rotatable bonds is 7. The van der Waals surface area contributed by atoms with E-state index in [9.17, 15) is 9.59 Å². The summed E-state index contributed by atoms with van der Waals surface area (Å²) in [6, 6.07) is 15.5. The number of anilines is 1. The number of quaternary nitrogens is 1. The molecule has 0 atom stereocenters. The summed E-state index contributed by atoms with van der Waals surface area (Å²) in [4.78, 5) is 27.2. The number of benzene rings is 2. The standard InChI is InChI=1S/C22H26ClN3O2/c1-17(27)19-4-8-21(9-5-19)26-14-12-25(13-15-26)16-22(28)24-11-10-18-2-6-20(23)7-3-18/h2-9H,10-16H2,1H3,(H,24,28)/p+1. The Kier molecular flexibility index (Phi) is 7.06. The SMILES string of the molecule is CC(=O)c1ccc(N2CC[NH+](CC(=O)NCCc3ccc(Cl)cc3)CC2)cc1. The van der Waals surface area contributed by atoms with Gasteiger partial charge in [0.05, 0.1) is 26.2 Å². The van der Waals surface area contributed by atoms with Crippen molar-refractivity contribution in [2.75, 3.05) is 44.2 Å². The first-order chi connectivity index (χ1) is 13.5. The molecular weight excluding hydrogens is 374 g/mol. The number of hydrogen-bond donors (Lipinski definition) is 2. The predicted molar refractivity (Wildman–Crippen MR) is 112 cm³/mol. The molecule has 1 heterocycles. The average molecular weight is 401 g/mol. The fourth-order valence-corrected chi connectivity index (χ4v) is 3.58. The second-order valence-corrected chi connectivity index (χ2v) is 7.68. The molecule has 5 nitrogen and oxygen atoms in total. The number of nitrogens with zero attached hydrogens (tertiary/aromatic N) is 1. The van der Waals surface area contributed by atoms with Gasteiger partial charge in [0.1, 0.15) is 0 Å². The van der Waals surface area contributed by atoms with Crippen LogP contribution in [0.3, 0.4) is 0 Å². The first-order valence-electron chi connectivity index (χ1n) is 9.72. The molecule has 0 unspecified atom stereocenters. The molecule has 0 aromatic heterocycles. The van der Waals surface area contributed by atoms with Crippen molar-refractivity contribution in [1.29, 1.82) is 0 Å². The largest absolute Gasteiger partial charge is 0.360 e. The van der Waals surface area contributed by atoms with Crippen molar-refractivity contribution in [2.24, 2.45) is 0 Å². The van der Waals surface area contributed by atoms with Gasteiger partial charge in [0.25, 0.3) is 5.91 Å². The number of ketones is 1. The summed E-state index contributed by atoms with van der Waals surface area (Å²) in [6.07, 6.45) is 0.808. The molecule has 0 spiro atoms. The monoisotopic (exact) mass is 400 g/mol. The van der Waals surface area contributed by atoms with E-state index in [-0.39, 0.29) is 11.7 Å². The number of halogens is 1. The predicted octanol–water partition coefficient (Wildman–Crippen LogP) is 1.61. The van der Waals surface area contributed by atoms with Crippen LogP contribution in [-0.4, -0.2) is 51.0 Å². The maximum Gasteiger partial charge on any atom is 0.275 e. The van der Waals surface area contributed by atoms with Gasteiger partial charge in [-0.2, -0.15) is 0 Å². The Balaban J connectivity index is 1.38. The minimum absolute atomic E-state index is 0.0860. The van der Waals surface area contributed by atoms with E-state index in [2.05, 4.69) is 10.2 Å². The van der Waals surface area contributed by atoms with Gasteiger partial charge in [-0.15, -0.1) is 0 Å². The van der Waals surface area contributed by atoms with E-state index in [1.807, 2.05) is 48.5 Å². The number of carbonyl (C=O) groups is 2. The molecule has 2 N–H and O–H groups in total. The highest BCUT2D eigenvalue weighted by Gasteiger charge is 2.22. The first kappa shape index (κ1) is 20.4. The van der Waals surface area contributed by atoms with E-state index in [0.717, 1.165) is 48.9 Å². The molecule has 1 amide bonds. The highest BCUT2D eigenvalue weighted by Crippen LogP contribution is 2.15. The third-order valence-electron chi connectivity index (χ3n) is 5.17. The highest BCUT2D eigenvalue weighted by atomic mass is 35.5. The van der Waals surface area contributed by atoms with Crippen LogP contribution >= 0.6 is 11.6 Å². The van der Waals surface area contributed by atoms with Gasteiger partial charge < -0.3 is 15.1 Å². The minimum Gasteiger partial charge on any atom is -0.360 e. The lowest BCUT2D eigenvalue weighted by Gasteiger charge is -2.33. The van der Waals surface area contributed by atoms with Gasteiger partial charge in [0.2, 0.25) is 0 Å². The molecule has 148 valence electrons. The third-order valence-corrected chi connectivity index (χ3v) is 5.42. The first-order valence-corrected chi connectivity index (χ1v) is 10.1. The lowest BCUT2D eigenvalue weighted by molar-refractivity contribution is -0.892. The molecule has 0 bridgehead atoms. The van der Waals surface area contributed by atoms with Crippen molar-refractivity contribution in [2.45, 2.75) is 13.3 Å². The van der Waals surface area contributed by atoms with Crippen LogP contribution in [0.25, 0.3) is 0 Å². The Morgan fingerprint density at radius 2 is 1.68 bits per heavy atom. The molecule has 2 aromatic rings. The highest BCUT2D eigenvalue weighted by molar-refractivity contribution is 6.30. The summed E-state index contributed by atoms with van der Waals surface area (Å²) in [7, 11) is 0. The molecule has 0 aliphatic carbocycles. The van der Waals surface area contributed by atoms with Crippen LogP contribution in [0.5, 0.6) is 0 Å². The molecule has 1 aliphatic heterocycles. The van der Waals surface area contributed by atoms with Gasteiger partial charge in [-0.3, -0.25) is 9.59 Å². The van der Waals surface area contributed by atoms with Crippen molar-refractivity contribution < 1.29 is 14.5 Å². The van der Waals surface area contributed by atoms with E-state index < -0.39 is 0 Å². The van der Waals surface area contributed by atoms with Crippen molar-refractivity contribution >= 4 is 29.0 Å². The molecule has 2 aromatic carbocycles. The summed E-state index contributed by atoms with van der Waals surface area (Å²) < 4.78 is 0. The van der Waals surface area contributed by atoms with Crippen LogP contribution in [0.2, 0.25) is 5.02 Å². The summed E-state index contributed by atoms with van der Waals surface area (Å²) in [5.41, 5.74) is 3.04. The second-order valence-electron chi connectivity index (χ2n) is 7.24. The zero-order valence-electron chi connectivity index (χ0n) is 16.2. The Morgan fingerprint density at radius 1 is 1.04 bits per heavy atom.